The second-order valence-corrected chi connectivity index (χ2v) is 9.58. The molecule has 0 aromatic heterocycles. The van der Waals surface area contributed by atoms with Crippen molar-refractivity contribution in [1.82, 2.24) is 10.2 Å². The van der Waals surface area contributed by atoms with E-state index in [0.717, 1.165) is 42.9 Å². The molecule has 0 saturated heterocycles. The molecule has 2 aliphatic rings. The second kappa shape index (κ2) is 10.5. The van der Waals surface area contributed by atoms with Crippen molar-refractivity contribution >= 4 is 23.4 Å². The fourth-order valence-electron chi connectivity index (χ4n) is 4.96. The second-order valence-electron chi connectivity index (χ2n) is 9.21. The largest absolute Gasteiger partial charge is 0.489 e. The normalized spacial score (nSPS) is 18.3. The number of amides is 2. The van der Waals surface area contributed by atoms with Crippen LogP contribution in [-0.2, 0) is 35.3 Å². The third-order valence-corrected chi connectivity index (χ3v) is 7.34. The average molecular weight is 509 g/mol. The maximum Gasteiger partial charge on any atom is 0.417 e. The maximum atomic E-state index is 13.1. The first kappa shape index (κ1) is 25.4. The van der Waals surface area contributed by atoms with Gasteiger partial charge in [-0.15, -0.1) is 0 Å². The van der Waals surface area contributed by atoms with E-state index in [0.29, 0.717) is 24.5 Å². The van der Waals surface area contributed by atoms with E-state index in [4.69, 9.17) is 16.3 Å². The first-order valence-electron chi connectivity index (χ1n) is 11.8. The van der Waals surface area contributed by atoms with Crippen LogP contribution in [0.2, 0.25) is 5.02 Å². The molecule has 2 aromatic rings. The smallest absolute Gasteiger partial charge is 0.417 e. The molecular weight excluding hydrogens is 481 g/mol. The van der Waals surface area contributed by atoms with Crippen molar-refractivity contribution < 1.29 is 27.5 Å². The van der Waals surface area contributed by atoms with Gasteiger partial charge in [0.1, 0.15) is 18.4 Å². The van der Waals surface area contributed by atoms with Gasteiger partial charge in [-0.05, 0) is 48.1 Å². The molecule has 35 heavy (non-hydrogen) atoms. The average Bonchev–Trinajstić information content (AvgIpc) is 3.34. The van der Waals surface area contributed by atoms with Crippen LogP contribution in [0.4, 0.5) is 13.2 Å². The van der Waals surface area contributed by atoms with Gasteiger partial charge in [0.05, 0.1) is 10.6 Å². The van der Waals surface area contributed by atoms with Gasteiger partial charge in [-0.2, -0.15) is 13.2 Å². The van der Waals surface area contributed by atoms with Crippen molar-refractivity contribution in [2.45, 2.75) is 63.9 Å². The Morgan fingerprint density at radius 2 is 1.89 bits per heavy atom. The zero-order valence-electron chi connectivity index (χ0n) is 19.5. The summed E-state index contributed by atoms with van der Waals surface area (Å²) in [6.45, 7) is 0.146. The number of ether oxygens (including phenoxy) is 1. The summed E-state index contributed by atoms with van der Waals surface area (Å²) < 4.78 is 45.2. The number of benzene rings is 2. The third kappa shape index (κ3) is 5.74. The predicted molar refractivity (Wildman–Crippen MR) is 126 cm³/mol. The minimum atomic E-state index is -4.55. The Morgan fingerprint density at radius 3 is 2.57 bits per heavy atom. The van der Waals surface area contributed by atoms with Crippen LogP contribution in [0, 0.1) is 5.92 Å². The number of nitrogens with one attached hydrogen (secondary N) is 1. The van der Waals surface area contributed by atoms with Crippen molar-refractivity contribution in [2.24, 2.45) is 5.92 Å². The molecule has 1 aliphatic carbocycles. The van der Waals surface area contributed by atoms with Crippen LogP contribution in [0.25, 0.3) is 0 Å². The molecule has 5 nitrogen and oxygen atoms in total. The lowest BCUT2D eigenvalue weighted by molar-refractivity contribution is -0.142. The molecule has 1 aliphatic heterocycles. The highest BCUT2D eigenvalue weighted by atomic mass is 35.5. The lowest BCUT2D eigenvalue weighted by atomic mass is 9.92. The van der Waals surface area contributed by atoms with Crippen molar-refractivity contribution in [3.8, 4) is 5.75 Å². The van der Waals surface area contributed by atoms with Gasteiger partial charge >= 0.3 is 6.18 Å². The van der Waals surface area contributed by atoms with E-state index < -0.39 is 17.8 Å². The van der Waals surface area contributed by atoms with E-state index in [1.165, 1.54) is 12.1 Å². The summed E-state index contributed by atoms with van der Waals surface area (Å²) in [5.41, 5.74) is 1.13. The van der Waals surface area contributed by atoms with Crippen molar-refractivity contribution in [3.05, 3.63) is 63.7 Å². The monoisotopic (exact) mass is 508 g/mol. The molecule has 1 unspecified atom stereocenters. The molecule has 4 rings (SSSR count). The minimum absolute atomic E-state index is 0.0294. The molecule has 0 bridgehead atoms. The Kier molecular flexibility index (Phi) is 7.59. The Labute approximate surface area is 207 Å². The van der Waals surface area contributed by atoms with Gasteiger partial charge in [-0.1, -0.05) is 42.6 Å². The quantitative estimate of drug-likeness (QED) is 0.559. The van der Waals surface area contributed by atoms with Crippen LogP contribution in [0.3, 0.4) is 0 Å². The molecule has 1 atom stereocenters. The first-order valence-corrected chi connectivity index (χ1v) is 12.2. The highest BCUT2D eigenvalue weighted by molar-refractivity contribution is 6.32. The molecule has 0 radical (unpaired) electrons. The number of alkyl halides is 3. The lowest BCUT2D eigenvalue weighted by Gasteiger charge is -2.36. The number of likely N-dealkylation sites (N-methyl/N-ethyl adjacent to an activating group) is 1. The van der Waals surface area contributed by atoms with E-state index in [9.17, 15) is 22.8 Å². The van der Waals surface area contributed by atoms with E-state index in [-0.39, 0.29) is 35.6 Å². The Morgan fingerprint density at radius 1 is 1.14 bits per heavy atom. The topological polar surface area (TPSA) is 58.6 Å². The summed E-state index contributed by atoms with van der Waals surface area (Å²) >= 11 is 5.98. The van der Waals surface area contributed by atoms with Crippen LogP contribution in [0.5, 0.6) is 5.75 Å². The SMILES string of the molecule is CNC(=O)C1Cc2ccc(OCc3cccc(C(F)(F)F)c3Cl)cc2CN1C(=O)CC1CCCC1. The zero-order chi connectivity index (χ0) is 25.2. The third-order valence-electron chi connectivity index (χ3n) is 6.89. The number of fused-ring (bicyclic) bond motifs is 1. The molecule has 2 amide bonds. The maximum absolute atomic E-state index is 13.1. The number of nitrogens with zero attached hydrogens (tertiary/aromatic N) is 1. The molecule has 9 heteroatoms. The molecule has 1 saturated carbocycles. The van der Waals surface area contributed by atoms with Gasteiger partial charge < -0.3 is 15.0 Å². The van der Waals surface area contributed by atoms with Crippen molar-refractivity contribution in [1.29, 1.82) is 0 Å². The standard InChI is InChI=1S/C26H28ClF3N2O3/c1-31-25(34)22-13-17-9-10-20(35-15-18-7-4-8-21(24(18)27)26(28,29)30)12-19(17)14-32(22)23(33)11-16-5-2-3-6-16/h4,7-10,12,16,22H,2-3,5-6,11,13-15H2,1H3,(H,31,34). The molecule has 0 spiro atoms. The summed E-state index contributed by atoms with van der Waals surface area (Å²) in [4.78, 5) is 27.4. The fraction of sp³-hybridized carbons (Fsp3) is 0.462. The highest BCUT2D eigenvalue weighted by Gasteiger charge is 2.36. The number of halogens is 4. The Hall–Kier alpha value is -2.74. The van der Waals surface area contributed by atoms with E-state index in [1.807, 2.05) is 6.07 Å². The van der Waals surface area contributed by atoms with Crippen LogP contribution in [0.1, 0.15) is 54.4 Å². The van der Waals surface area contributed by atoms with Gasteiger partial charge in [-0.3, -0.25) is 9.59 Å². The predicted octanol–water partition coefficient (Wildman–Crippen LogP) is 5.52. The summed E-state index contributed by atoms with van der Waals surface area (Å²) in [5, 5.41) is 2.28. The Bertz CT molecular complexity index is 1100. The lowest BCUT2D eigenvalue weighted by Crippen LogP contribution is -2.52. The van der Waals surface area contributed by atoms with Crippen molar-refractivity contribution in [2.75, 3.05) is 7.05 Å². The fourth-order valence-corrected chi connectivity index (χ4v) is 5.25. The zero-order valence-corrected chi connectivity index (χ0v) is 20.2. The minimum Gasteiger partial charge on any atom is -0.489 e. The molecule has 2 aromatic carbocycles. The summed E-state index contributed by atoms with van der Waals surface area (Å²) in [6, 6.07) is 8.50. The first-order chi connectivity index (χ1) is 16.7. The molecule has 1 fully saturated rings. The van der Waals surface area contributed by atoms with E-state index >= 15 is 0 Å². The number of hydrogen-bond donors (Lipinski definition) is 1. The van der Waals surface area contributed by atoms with Crippen LogP contribution in [-0.4, -0.2) is 29.8 Å². The van der Waals surface area contributed by atoms with Crippen molar-refractivity contribution in [3.63, 3.8) is 0 Å². The number of hydrogen-bond acceptors (Lipinski definition) is 3. The molecule has 188 valence electrons. The van der Waals surface area contributed by atoms with Crippen LogP contribution >= 0.6 is 11.6 Å². The van der Waals surface area contributed by atoms with Gasteiger partial charge in [0.25, 0.3) is 0 Å². The van der Waals surface area contributed by atoms with E-state index in [2.05, 4.69) is 5.32 Å². The van der Waals surface area contributed by atoms with E-state index in [1.54, 1.807) is 24.1 Å². The van der Waals surface area contributed by atoms with Gasteiger partial charge in [-0.25, -0.2) is 0 Å². The molecule has 1 heterocycles. The van der Waals surface area contributed by atoms with Gasteiger partial charge in [0, 0.05) is 32.0 Å². The number of rotatable bonds is 6. The molecule has 1 N–H and O–H groups in total. The number of carbonyl (C=O) groups excluding carboxylic acids is 2. The van der Waals surface area contributed by atoms with Crippen LogP contribution < -0.4 is 10.1 Å². The van der Waals surface area contributed by atoms with Crippen LogP contribution in [0.15, 0.2) is 36.4 Å². The Balaban J connectivity index is 1.51. The molecular formula is C26H28ClF3N2O3. The highest BCUT2D eigenvalue weighted by Crippen LogP contribution is 2.37. The number of carbonyl (C=O) groups is 2. The summed E-state index contributed by atoms with van der Waals surface area (Å²) in [5.74, 6) is 0.591. The summed E-state index contributed by atoms with van der Waals surface area (Å²) in [7, 11) is 1.56. The summed E-state index contributed by atoms with van der Waals surface area (Å²) in [6.07, 6.45) is 0.632. The van der Waals surface area contributed by atoms with Gasteiger partial charge in [0.15, 0.2) is 0 Å². The van der Waals surface area contributed by atoms with Gasteiger partial charge in [0.2, 0.25) is 11.8 Å².